The summed E-state index contributed by atoms with van der Waals surface area (Å²) in [4.78, 5) is 11.2. The molecule has 0 aromatic carbocycles. The number of carbonyl (C=O) groups excluding carboxylic acids is 1. The predicted molar refractivity (Wildman–Crippen MR) is 59.8 cm³/mol. The van der Waals surface area contributed by atoms with Gasteiger partial charge in [0.25, 0.3) is 0 Å². The fourth-order valence-electron chi connectivity index (χ4n) is 0.974. The summed E-state index contributed by atoms with van der Waals surface area (Å²) in [5, 5.41) is 2.77. The van der Waals surface area contributed by atoms with Gasteiger partial charge in [0.05, 0.1) is 13.2 Å². The maximum absolute atomic E-state index is 11.2. The molecular formula is C11H21NO3. The second kappa shape index (κ2) is 9.68. The number of methoxy groups -OCH3 is 1. The van der Waals surface area contributed by atoms with Gasteiger partial charge in [0, 0.05) is 26.7 Å². The molecule has 0 unspecified atom stereocenters. The Morgan fingerprint density at radius 3 is 2.73 bits per heavy atom. The number of hydrogen-bond acceptors (Lipinski definition) is 3. The van der Waals surface area contributed by atoms with Gasteiger partial charge in [-0.1, -0.05) is 12.2 Å². The molecule has 0 bridgehead atoms. The lowest BCUT2D eigenvalue weighted by atomic mass is 10.3. The Morgan fingerprint density at radius 1 is 1.40 bits per heavy atom. The molecule has 0 aromatic heterocycles. The van der Waals surface area contributed by atoms with E-state index in [0.29, 0.717) is 32.8 Å². The summed E-state index contributed by atoms with van der Waals surface area (Å²) < 4.78 is 10.1. The molecule has 88 valence electrons. The molecule has 0 aliphatic carbocycles. The van der Waals surface area contributed by atoms with Crippen LogP contribution in [0.5, 0.6) is 0 Å². The first-order chi connectivity index (χ1) is 7.16. The minimum Gasteiger partial charge on any atom is -0.385 e. The summed E-state index contributed by atoms with van der Waals surface area (Å²) in [5.41, 5.74) is 0.987. The third kappa shape index (κ3) is 11.1. The zero-order valence-corrected chi connectivity index (χ0v) is 9.67. The lowest BCUT2D eigenvalue weighted by Crippen LogP contribution is -2.27. The molecule has 0 fully saturated rings. The number of amides is 1. The molecule has 0 atom stereocenters. The van der Waals surface area contributed by atoms with Crippen LogP contribution in [0, 0.1) is 0 Å². The zero-order chi connectivity index (χ0) is 11.5. The molecule has 0 saturated heterocycles. The first-order valence-corrected chi connectivity index (χ1v) is 5.14. The smallest absolute Gasteiger partial charge is 0.220 e. The average molecular weight is 215 g/mol. The van der Waals surface area contributed by atoms with Gasteiger partial charge in [-0.2, -0.15) is 0 Å². The van der Waals surface area contributed by atoms with Crippen LogP contribution in [0.3, 0.4) is 0 Å². The molecule has 1 amide bonds. The van der Waals surface area contributed by atoms with Crippen LogP contribution < -0.4 is 5.32 Å². The molecule has 0 aliphatic rings. The molecule has 1 N–H and O–H groups in total. The second-order valence-electron chi connectivity index (χ2n) is 3.46. The van der Waals surface area contributed by atoms with Gasteiger partial charge in [-0.25, -0.2) is 0 Å². The zero-order valence-electron chi connectivity index (χ0n) is 9.67. The van der Waals surface area contributed by atoms with E-state index in [-0.39, 0.29) is 5.91 Å². The first kappa shape index (κ1) is 14.1. The monoisotopic (exact) mass is 215 g/mol. The number of rotatable bonds is 9. The van der Waals surface area contributed by atoms with Crippen molar-refractivity contribution in [2.45, 2.75) is 19.8 Å². The highest BCUT2D eigenvalue weighted by atomic mass is 16.5. The van der Waals surface area contributed by atoms with Crippen molar-refractivity contribution in [3.63, 3.8) is 0 Å². The Kier molecular flexibility index (Phi) is 9.11. The fourth-order valence-corrected chi connectivity index (χ4v) is 0.974. The summed E-state index contributed by atoms with van der Waals surface area (Å²) in [5.74, 6) is 0.0472. The van der Waals surface area contributed by atoms with E-state index in [1.807, 2.05) is 6.92 Å². The Hall–Kier alpha value is -0.870. The summed E-state index contributed by atoms with van der Waals surface area (Å²) >= 11 is 0. The minimum absolute atomic E-state index is 0.0472. The lowest BCUT2D eigenvalue weighted by Gasteiger charge is -2.06. The largest absolute Gasteiger partial charge is 0.385 e. The quantitative estimate of drug-likeness (QED) is 0.463. The third-order valence-corrected chi connectivity index (χ3v) is 1.67. The van der Waals surface area contributed by atoms with Crippen molar-refractivity contribution < 1.29 is 14.3 Å². The molecular weight excluding hydrogens is 194 g/mol. The molecule has 4 heteroatoms. The van der Waals surface area contributed by atoms with Crippen LogP contribution in [-0.2, 0) is 14.3 Å². The average Bonchev–Trinajstić information content (AvgIpc) is 2.17. The van der Waals surface area contributed by atoms with E-state index in [2.05, 4.69) is 11.9 Å². The van der Waals surface area contributed by atoms with Crippen molar-refractivity contribution in [3.05, 3.63) is 12.2 Å². The summed E-state index contributed by atoms with van der Waals surface area (Å²) in [6, 6.07) is 0. The van der Waals surface area contributed by atoms with Crippen molar-refractivity contribution in [3.8, 4) is 0 Å². The van der Waals surface area contributed by atoms with Crippen LogP contribution in [0.25, 0.3) is 0 Å². The van der Waals surface area contributed by atoms with Crippen LogP contribution in [0.4, 0.5) is 0 Å². The van der Waals surface area contributed by atoms with E-state index in [4.69, 9.17) is 9.47 Å². The maximum Gasteiger partial charge on any atom is 0.220 e. The van der Waals surface area contributed by atoms with E-state index >= 15 is 0 Å². The van der Waals surface area contributed by atoms with Gasteiger partial charge in [-0.3, -0.25) is 4.79 Å². The second-order valence-corrected chi connectivity index (χ2v) is 3.46. The van der Waals surface area contributed by atoms with Crippen LogP contribution in [-0.4, -0.2) is 39.4 Å². The molecule has 4 nitrogen and oxygen atoms in total. The Balaban J connectivity index is 3.20. The van der Waals surface area contributed by atoms with Gasteiger partial charge < -0.3 is 14.8 Å². The number of hydrogen-bond donors (Lipinski definition) is 1. The molecule has 0 radical (unpaired) electrons. The SMILES string of the molecule is C=C(C)COCCNC(=O)CCCOC. The van der Waals surface area contributed by atoms with Crippen LogP contribution in [0.1, 0.15) is 19.8 Å². The summed E-state index contributed by atoms with van der Waals surface area (Å²) in [6.45, 7) is 7.88. The number of ether oxygens (including phenoxy) is 2. The topological polar surface area (TPSA) is 47.6 Å². The van der Waals surface area contributed by atoms with E-state index in [1.165, 1.54) is 0 Å². The van der Waals surface area contributed by atoms with Crippen molar-refractivity contribution in [1.29, 1.82) is 0 Å². The maximum atomic E-state index is 11.2. The highest BCUT2D eigenvalue weighted by Gasteiger charge is 1.99. The fraction of sp³-hybridized carbons (Fsp3) is 0.727. The third-order valence-electron chi connectivity index (χ3n) is 1.67. The first-order valence-electron chi connectivity index (χ1n) is 5.14. The van der Waals surface area contributed by atoms with Crippen LogP contribution in [0.2, 0.25) is 0 Å². The summed E-state index contributed by atoms with van der Waals surface area (Å²) in [7, 11) is 1.63. The molecule has 0 spiro atoms. The predicted octanol–water partition coefficient (Wildman–Crippen LogP) is 1.12. The lowest BCUT2D eigenvalue weighted by molar-refractivity contribution is -0.121. The Morgan fingerprint density at radius 2 is 2.13 bits per heavy atom. The van der Waals surface area contributed by atoms with Gasteiger partial charge in [0.1, 0.15) is 0 Å². The molecule has 0 heterocycles. The van der Waals surface area contributed by atoms with E-state index < -0.39 is 0 Å². The number of carbonyl (C=O) groups is 1. The number of nitrogens with one attached hydrogen (secondary N) is 1. The molecule has 0 saturated carbocycles. The van der Waals surface area contributed by atoms with Gasteiger partial charge >= 0.3 is 0 Å². The van der Waals surface area contributed by atoms with Gasteiger partial charge in [-0.05, 0) is 13.3 Å². The normalized spacial score (nSPS) is 10.0. The molecule has 0 rings (SSSR count). The molecule has 0 aromatic rings. The summed E-state index contributed by atoms with van der Waals surface area (Å²) in [6.07, 6.45) is 1.27. The Bertz CT molecular complexity index is 192. The van der Waals surface area contributed by atoms with Crippen molar-refractivity contribution >= 4 is 5.91 Å². The molecule has 15 heavy (non-hydrogen) atoms. The minimum atomic E-state index is 0.0472. The van der Waals surface area contributed by atoms with Crippen LogP contribution >= 0.6 is 0 Å². The highest BCUT2D eigenvalue weighted by Crippen LogP contribution is 1.89. The van der Waals surface area contributed by atoms with Gasteiger partial charge in [-0.15, -0.1) is 0 Å². The van der Waals surface area contributed by atoms with Gasteiger partial charge in [0.2, 0.25) is 5.91 Å². The van der Waals surface area contributed by atoms with Crippen LogP contribution in [0.15, 0.2) is 12.2 Å². The van der Waals surface area contributed by atoms with E-state index in [1.54, 1.807) is 7.11 Å². The molecule has 0 aliphatic heterocycles. The van der Waals surface area contributed by atoms with Gasteiger partial charge in [0.15, 0.2) is 0 Å². The van der Waals surface area contributed by atoms with E-state index in [9.17, 15) is 4.79 Å². The highest BCUT2D eigenvalue weighted by molar-refractivity contribution is 5.75. The Labute approximate surface area is 91.6 Å². The standard InChI is InChI=1S/C11H21NO3/c1-10(2)9-15-8-6-12-11(13)5-4-7-14-3/h1,4-9H2,2-3H3,(H,12,13). The van der Waals surface area contributed by atoms with Crippen molar-refractivity contribution in [2.75, 3.05) is 33.5 Å². The van der Waals surface area contributed by atoms with Crippen molar-refractivity contribution in [1.82, 2.24) is 5.32 Å². The van der Waals surface area contributed by atoms with Crippen molar-refractivity contribution in [2.24, 2.45) is 0 Å². The van der Waals surface area contributed by atoms with E-state index in [0.717, 1.165) is 12.0 Å².